The highest BCUT2D eigenvalue weighted by molar-refractivity contribution is 6.28. The first-order chi connectivity index (χ1) is 34.2. The number of nitrogens with zero attached hydrogens (tertiary/aromatic N) is 3. The molecule has 320 valence electrons. The summed E-state index contributed by atoms with van der Waals surface area (Å²) in [5.74, 6) is 0.672. The zero-order valence-corrected chi connectivity index (χ0v) is 37.3. The summed E-state index contributed by atoms with van der Waals surface area (Å²) in [7, 11) is 0. The van der Waals surface area contributed by atoms with Crippen LogP contribution in [0.4, 0.5) is 0 Å². The topological polar surface area (TPSA) is 51.8 Å². The Hall–Kier alpha value is -9.25. The van der Waals surface area contributed by atoms with Gasteiger partial charge in [0.15, 0.2) is 5.82 Å². The highest BCUT2D eigenvalue weighted by atomic mass is 16.3. The molecule has 0 radical (unpaired) electrons. The van der Waals surface area contributed by atoms with Crippen LogP contribution in [0.15, 0.2) is 241 Å². The summed E-state index contributed by atoms with van der Waals surface area (Å²) < 4.78 is 6.78. The van der Waals surface area contributed by atoms with E-state index in [1.54, 1.807) is 0 Å². The van der Waals surface area contributed by atoms with Crippen molar-refractivity contribution < 1.29 is 4.42 Å². The van der Waals surface area contributed by atoms with Crippen LogP contribution in [0.5, 0.6) is 0 Å². The Morgan fingerprint density at radius 1 is 0.261 bits per heavy atom. The molecular formula is C65H39N3O. The second kappa shape index (κ2) is 15.7. The Balaban J connectivity index is 1.00. The number of hydrogen-bond acceptors (Lipinski definition) is 4. The first-order valence-corrected chi connectivity index (χ1v) is 23.4. The Morgan fingerprint density at radius 2 is 0.768 bits per heavy atom. The third-order valence-electron chi connectivity index (χ3n) is 13.8. The molecule has 0 atom stereocenters. The molecule has 0 N–H and O–H groups in total. The monoisotopic (exact) mass is 877 g/mol. The van der Waals surface area contributed by atoms with Crippen molar-refractivity contribution in [3.63, 3.8) is 0 Å². The number of furan rings is 1. The average Bonchev–Trinajstić information content (AvgIpc) is 3.81. The van der Waals surface area contributed by atoms with E-state index in [-0.39, 0.29) is 0 Å². The fourth-order valence-electron chi connectivity index (χ4n) is 10.6. The number of aromatic nitrogens is 3. The van der Waals surface area contributed by atoms with E-state index in [1.807, 2.05) is 24.3 Å². The van der Waals surface area contributed by atoms with Crippen LogP contribution in [0.25, 0.3) is 143 Å². The lowest BCUT2D eigenvalue weighted by atomic mass is 9.88. The van der Waals surface area contributed by atoms with Gasteiger partial charge in [0, 0.05) is 54.7 Å². The minimum Gasteiger partial charge on any atom is -0.456 e. The van der Waals surface area contributed by atoms with Gasteiger partial charge in [0.1, 0.15) is 11.2 Å². The SMILES string of the molecule is c1ccc(-c2ccc(-c3nc4ccccc4c4c(-c5cccc(-c6cc(-c7ccc8c9ccccc9c9ccccc9c8c7)nc(-c7ccccc7)n6)c5)c5c(cc34)oc3ccccc35)cc2)cc1. The molecule has 0 bridgehead atoms. The molecule has 4 heteroatoms. The molecule has 0 aliphatic heterocycles. The number of benzene rings is 11. The molecule has 0 saturated heterocycles. The second-order valence-electron chi connectivity index (χ2n) is 17.8. The zero-order valence-electron chi connectivity index (χ0n) is 37.3. The summed E-state index contributed by atoms with van der Waals surface area (Å²) in [6, 6.07) is 83.9. The van der Waals surface area contributed by atoms with Crippen molar-refractivity contribution >= 4 is 75.9 Å². The van der Waals surface area contributed by atoms with Crippen molar-refractivity contribution in [3.8, 4) is 67.4 Å². The molecule has 0 saturated carbocycles. The molecule has 0 aliphatic carbocycles. The molecule has 4 nitrogen and oxygen atoms in total. The Kier molecular flexibility index (Phi) is 8.86. The number of rotatable bonds is 6. The number of fused-ring (bicyclic) bond motifs is 12. The van der Waals surface area contributed by atoms with E-state index in [0.717, 1.165) is 99.6 Å². The minimum absolute atomic E-state index is 0.672. The molecule has 14 rings (SSSR count). The van der Waals surface area contributed by atoms with E-state index >= 15 is 0 Å². The van der Waals surface area contributed by atoms with Crippen molar-refractivity contribution in [2.24, 2.45) is 0 Å². The molecule has 14 aromatic rings. The van der Waals surface area contributed by atoms with Gasteiger partial charge in [-0.05, 0) is 85.4 Å². The maximum Gasteiger partial charge on any atom is 0.160 e. The smallest absolute Gasteiger partial charge is 0.160 e. The zero-order chi connectivity index (χ0) is 45.4. The lowest BCUT2D eigenvalue weighted by Gasteiger charge is -2.17. The van der Waals surface area contributed by atoms with E-state index in [0.29, 0.717) is 5.82 Å². The molecule has 3 heterocycles. The van der Waals surface area contributed by atoms with Crippen molar-refractivity contribution in [2.45, 2.75) is 0 Å². The first kappa shape index (κ1) is 39.0. The Morgan fingerprint density at radius 3 is 1.48 bits per heavy atom. The average molecular weight is 878 g/mol. The largest absolute Gasteiger partial charge is 0.456 e. The molecule has 69 heavy (non-hydrogen) atoms. The molecule has 0 fully saturated rings. The standard InChI is InChI=1S/C65H39N3O/c1-3-16-40(17-4-1)41-30-32-42(33-31-41)64-55-38-60-63(53-27-12-14-29-59(53)69-60)61(62(55)52-26-11-13-28-56(52)66-64)46-21-15-20-44(36-46)57-39-58(68-65(67-57)43-18-5-2-6-19-43)45-34-35-51-49-24-8-7-22-47(49)48-23-9-10-25-50(48)54(51)37-45/h1-39H. The summed E-state index contributed by atoms with van der Waals surface area (Å²) in [5.41, 5.74) is 13.7. The molecular weight excluding hydrogens is 839 g/mol. The third kappa shape index (κ3) is 6.41. The quantitative estimate of drug-likeness (QED) is 0.156. The van der Waals surface area contributed by atoms with Gasteiger partial charge in [-0.25, -0.2) is 15.0 Å². The van der Waals surface area contributed by atoms with Gasteiger partial charge in [-0.2, -0.15) is 0 Å². The van der Waals surface area contributed by atoms with Crippen molar-refractivity contribution in [3.05, 3.63) is 237 Å². The molecule has 11 aromatic carbocycles. The van der Waals surface area contributed by atoms with Crippen LogP contribution in [-0.2, 0) is 0 Å². The molecule has 0 aliphatic rings. The van der Waals surface area contributed by atoms with E-state index in [4.69, 9.17) is 19.4 Å². The third-order valence-corrected chi connectivity index (χ3v) is 13.8. The van der Waals surface area contributed by atoms with Gasteiger partial charge in [0.05, 0.1) is 22.6 Å². The molecule has 0 amide bonds. The predicted octanol–water partition coefficient (Wildman–Crippen LogP) is 17.5. The van der Waals surface area contributed by atoms with Gasteiger partial charge in [-0.1, -0.05) is 200 Å². The highest BCUT2D eigenvalue weighted by Gasteiger charge is 2.23. The Labute approximate surface area is 397 Å². The number of para-hydroxylation sites is 2. The van der Waals surface area contributed by atoms with Gasteiger partial charge in [0.2, 0.25) is 0 Å². The highest BCUT2D eigenvalue weighted by Crippen LogP contribution is 2.47. The fourth-order valence-corrected chi connectivity index (χ4v) is 10.6. The van der Waals surface area contributed by atoms with E-state index in [1.165, 1.54) is 37.9 Å². The number of hydrogen-bond donors (Lipinski definition) is 0. The lowest BCUT2D eigenvalue weighted by Crippen LogP contribution is -1.96. The van der Waals surface area contributed by atoms with Gasteiger partial charge in [-0.3, -0.25) is 0 Å². The number of pyridine rings is 1. The summed E-state index contributed by atoms with van der Waals surface area (Å²) in [5, 5.41) is 12.8. The molecule has 3 aromatic heterocycles. The minimum atomic E-state index is 0.672. The summed E-state index contributed by atoms with van der Waals surface area (Å²) in [6.07, 6.45) is 0. The van der Waals surface area contributed by atoms with Crippen LogP contribution in [0.1, 0.15) is 0 Å². The van der Waals surface area contributed by atoms with E-state index in [9.17, 15) is 0 Å². The van der Waals surface area contributed by atoms with Crippen LogP contribution in [0.3, 0.4) is 0 Å². The fraction of sp³-hybridized carbons (Fsp3) is 0. The first-order valence-electron chi connectivity index (χ1n) is 23.4. The lowest BCUT2D eigenvalue weighted by molar-refractivity contribution is 0.669. The summed E-state index contributed by atoms with van der Waals surface area (Å²) in [4.78, 5) is 16.1. The Bertz CT molecular complexity index is 4310. The van der Waals surface area contributed by atoms with Crippen molar-refractivity contribution in [1.82, 2.24) is 15.0 Å². The van der Waals surface area contributed by atoms with E-state index < -0.39 is 0 Å². The van der Waals surface area contributed by atoms with Crippen LogP contribution >= 0.6 is 0 Å². The summed E-state index contributed by atoms with van der Waals surface area (Å²) >= 11 is 0. The molecule has 0 spiro atoms. The van der Waals surface area contributed by atoms with Gasteiger partial charge < -0.3 is 4.42 Å². The maximum absolute atomic E-state index is 6.78. The van der Waals surface area contributed by atoms with Gasteiger partial charge in [0.25, 0.3) is 0 Å². The predicted molar refractivity (Wildman–Crippen MR) is 287 cm³/mol. The van der Waals surface area contributed by atoms with Crippen molar-refractivity contribution in [2.75, 3.05) is 0 Å². The van der Waals surface area contributed by atoms with Crippen molar-refractivity contribution in [1.29, 1.82) is 0 Å². The molecule has 0 unspecified atom stereocenters. The summed E-state index contributed by atoms with van der Waals surface area (Å²) in [6.45, 7) is 0. The van der Waals surface area contributed by atoms with Gasteiger partial charge in [-0.15, -0.1) is 0 Å². The van der Waals surface area contributed by atoms with Crippen LogP contribution in [0.2, 0.25) is 0 Å². The van der Waals surface area contributed by atoms with Crippen LogP contribution in [-0.4, -0.2) is 15.0 Å². The van der Waals surface area contributed by atoms with Gasteiger partial charge >= 0.3 is 0 Å². The maximum atomic E-state index is 6.78. The van der Waals surface area contributed by atoms with Crippen LogP contribution < -0.4 is 0 Å². The normalized spacial score (nSPS) is 11.8. The second-order valence-corrected chi connectivity index (χ2v) is 17.8. The van der Waals surface area contributed by atoms with E-state index in [2.05, 4.69) is 212 Å². The van der Waals surface area contributed by atoms with Crippen LogP contribution in [0, 0.1) is 0 Å².